The maximum atomic E-state index is 13.3. The molecule has 1 unspecified atom stereocenters. The Kier molecular flexibility index (Phi) is 2.35. The third-order valence-electron chi connectivity index (χ3n) is 2.38. The molecule has 2 N–H and O–H groups in total. The second kappa shape index (κ2) is 3.66. The van der Waals surface area contributed by atoms with Gasteiger partial charge in [-0.1, -0.05) is 36.4 Å². The summed E-state index contributed by atoms with van der Waals surface area (Å²) in [7, 11) is 0. The number of alkyl halides is 1. The summed E-state index contributed by atoms with van der Waals surface area (Å²) in [5.41, 5.74) is 7.86. The minimum Gasteiger partial charge on any atom is -0.400 e. The Morgan fingerprint density at radius 1 is 1.14 bits per heavy atom. The molecule has 0 spiro atoms. The van der Waals surface area contributed by atoms with Gasteiger partial charge in [-0.15, -0.1) is 0 Å². The van der Waals surface area contributed by atoms with Crippen molar-refractivity contribution < 1.29 is 4.39 Å². The van der Waals surface area contributed by atoms with Crippen LogP contribution in [0.3, 0.4) is 0 Å². The Morgan fingerprint density at radius 2 is 1.86 bits per heavy atom. The van der Waals surface area contributed by atoms with Gasteiger partial charge < -0.3 is 5.73 Å². The SMILES string of the molecule is NC1=CC=C(c2ccccc2)CC1F. The average molecular weight is 189 g/mol. The summed E-state index contributed by atoms with van der Waals surface area (Å²) >= 11 is 0. The molecule has 1 aliphatic rings. The fourth-order valence-corrected chi connectivity index (χ4v) is 1.55. The summed E-state index contributed by atoms with van der Waals surface area (Å²) in [6, 6.07) is 9.81. The molecule has 0 aromatic heterocycles. The molecule has 14 heavy (non-hydrogen) atoms. The minimum absolute atomic E-state index is 0.324. The van der Waals surface area contributed by atoms with Gasteiger partial charge in [0.1, 0.15) is 6.17 Å². The summed E-state index contributed by atoms with van der Waals surface area (Å²) in [4.78, 5) is 0. The molecule has 0 bridgehead atoms. The number of rotatable bonds is 1. The number of nitrogens with two attached hydrogens (primary N) is 1. The first-order valence-electron chi connectivity index (χ1n) is 4.63. The monoisotopic (exact) mass is 189 g/mol. The highest BCUT2D eigenvalue weighted by Crippen LogP contribution is 2.26. The predicted octanol–water partition coefficient (Wildman–Crippen LogP) is 2.65. The molecule has 1 atom stereocenters. The Labute approximate surface area is 82.7 Å². The maximum Gasteiger partial charge on any atom is 0.143 e. The van der Waals surface area contributed by atoms with E-state index in [-0.39, 0.29) is 0 Å². The van der Waals surface area contributed by atoms with E-state index in [0.29, 0.717) is 12.1 Å². The summed E-state index contributed by atoms with van der Waals surface area (Å²) in [5.74, 6) is 0. The van der Waals surface area contributed by atoms with Crippen molar-refractivity contribution in [3.05, 3.63) is 53.7 Å². The lowest BCUT2D eigenvalue weighted by Gasteiger charge is -2.16. The van der Waals surface area contributed by atoms with E-state index in [4.69, 9.17) is 5.73 Å². The first-order valence-corrected chi connectivity index (χ1v) is 4.63. The molecule has 0 heterocycles. The quantitative estimate of drug-likeness (QED) is 0.722. The maximum absolute atomic E-state index is 13.3. The molecule has 72 valence electrons. The number of hydrogen-bond donors (Lipinski definition) is 1. The largest absolute Gasteiger partial charge is 0.400 e. The number of benzene rings is 1. The molecule has 1 aromatic rings. The van der Waals surface area contributed by atoms with Gasteiger partial charge in [0.15, 0.2) is 0 Å². The van der Waals surface area contributed by atoms with Gasteiger partial charge in [0.2, 0.25) is 0 Å². The van der Waals surface area contributed by atoms with Crippen LogP contribution in [0.5, 0.6) is 0 Å². The van der Waals surface area contributed by atoms with Gasteiger partial charge >= 0.3 is 0 Å². The first-order chi connectivity index (χ1) is 6.77. The van der Waals surface area contributed by atoms with Crippen LogP contribution in [-0.4, -0.2) is 6.17 Å². The van der Waals surface area contributed by atoms with Crippen LogP contribution >= 0.6 is 0 Å². The van der Waals surface area contributed by atoms with Gasteiger partial charge in [0, 0.05) is 12.1 Å². The smallest absolute Gasteiger partial charge is 0.143 e. The first kappa shape index (κ1) is 9.00. The van der Waals surface area contributed by atoms with Crippen LogP contribution in [0.15, 0.2) is 48.2 Å². The third-order valence-corrected chi connectivity index (χ3v) is 2.38. The van der Waals surface area contributed by atoms with Crippen LogP contribution in [0.2, 0.25) is 0 Å². The fourth-order valence-electron chi connectivity index (χ4n) is 1.55. The zero-order valence-corrected chi connectivity index (χ0v) is 7.78. The number of hydrogen-bond acceptors (Lipinski definition) is 1. The molecule has 1 nitrogen and oxygen atoms in total. The summed E-state index contributed by atoms with van der Waals surface area (Å²) in [6.07, 6.45) is 2.89. The van der Waals surface area contributed by atoms with Crippen LogP contribution < -0.4 is 5.73 Å². The zero-order valence-electron chi connectivity index (χ0n) is 7.78. The highest BCUT2D eigenvalue weighted by atomic mass is 19.1. The van der Waals surface area contributed by atoms with E-state index < -0.39 is 6.17 Å². The van der Waals surface area contributed by atoms with Crippen molar-refractivity contribution in [2.75, 3.05) is 0 Å². The van der Waals surface area contributed by atoms with Gasteiger partial charge in [0.05, 0.1) is 0 Å². The van der Waals surface area contributed by atoms with E-state index in [2.05, 4.69) is 0 Å². The van der Waals surface area contributed by atoms with Gasteiger partial charge in [-0.25, -0.2) is 4.39 Å². The molecule has 0 radical (unpaired) electrons. The van der Waals surface area contributed by atoms with Crippen LogP contribution in [0, 0.1) is 0 Å². The van der Waals surface area contributed by atoms with Crippen molar-refractivity contribution in [1.82, 2.24) is 0 Å². The molecular formula is C12H12FN. The normalized spacial score (nSPS) is 21.4. The van der Waals surface area contributed by atoms with E-state index in [1.54, 1.807) is 6.08 Å². The topological polar surface area (TPSA) is 26.0 Å². The van der Waals surface area contributed by atoms with Gasteiger partial charge in [-0.05, 0) is 17.2 Å². The lowest BCUT2D eigenvalue weighted by molar-refractivity contribution is 0.383. The standard InChI is InChI=1S/C12H12FN/c13-11-8-10(6-7-12(11)14)9-4-2-1-3-5-9/h1-7,11H,8,14H2. The number of halogens is 1. The fraction of sp³-hybridized carbons (Fsp3) is 0.167. The van der Waals surface area contributed by atoms with Crippen LogP contribution in [0.25, 0.3) is 5.57 Å². The van der Waals surface area contributed by atoms with Crippen molar-refractivity contribution in [1.29, 1.82) is 0 Å². The summed E-state index contributed by atoms with van der Waals surface area (Å²) in [5, 5.41) is 0. The van der Waals surface area contributed by atoms with Crippen molar-refractivity contribution in [3.8, 4) is 0 Å². The van der Waals surface area contributed by atoms with E-state index in [0.717, 1.165) is 11.1 Å². The minimum atomic E-state index is -1.03. The van der Waals surface area contributed by atoms with Crippen LogP contribution in [-0.2, 0) is 0 Å². The predicted molar refractivity (Wildman–Crippen MR) is 56.2 cm³/mol. The van der Waals surface area contributed by atoms with Crippen molar-refractivity contribution in [2.45, 2.75) is 12.6 Å². The molecule has 2 rings (SSSR count). The molecule has 0 saturated heterocycles. The highest BCUT2D eigenvalue weighted by molar-refractivity contribution is 5.69. The van der Waals surface area contributed by atoms with Crippen molar-refractivity contribution in [2.24, 2.45) is 5.73 Å². The Balaban J connectivity index is 2.30. The molecule has 0 amide bonds. The molecule has 1 aromatic carbocycles. The van der Waals surface area contributed by atoms with Gasteiger partial charge in [-0.3, -0.25) is 0 Å². The van der Waals surface area contributed by atoms with Crippen molar-refractivity contribution >= 4 is 5.57 Å². The second-order valence-electron chi connectivity index (χ2n) is 3.40. The van der Waals surface area contributed by atoms with Crippen LogP contribution in [0.1, 0.15) is 12.0 Å². The molecule has 0 aliphatic heterocycles. The van der Waals surface area contributed by atoms with Gasteiger partial charge in [0.25, 0.3) is 0 Å². The average Bonchev–Trinajstić information content (AvgIpc) is 2.23. The molecule has 1 aliphatic carbocycles. The van der Waals surface area contributed by atoms with Crippen LogP contribution in [0.4, 0.5) is 4.39 Å². The highest BCUT2D eigenvalue weighted by Gasteiger charge is 2.16. The van der Waals surface area contributed by atoms with Crippen molar-refractivity contribution in [3.63, 3.8) is 0 Å². The molecular weight excluding hydrogens is 177 g/mol. The van der Waals surface area contributed by atoms with E-state index in [1.807, 2.05) is 36.4 Å². The second-order valence-corrected chi connectivity index (χ2v) is 3.40. The molecule has 0 fully saturated rings. The van der Waals surface area contributed by atoms with E-state index in [9.17, 15) is 4.39 Å². The molecule has 0 saturated carbocycles. The van der Waals surface area contributed by atoms with E-state index >= 15 is 0 Å². The Morgan fingerprint density at radius 3 is 2.50 bits per heavy atom. The van der Waals surface area contributed by atoms with Gasteiger partial charge in [-0.2, -0.15) is 0 Å². The molecule has 2 heteroatoms. The third kappa shape index (κ3) is 1.69. The Hall–Kier alpha value is -1.57. The lowest BCUT2D eigenvalue weighted by Crippen LogP contribution is -2.15. The lowest BCUT2D eigenvalue weighted by atomic mass is 9.95. The Bertz CT molecular complexity index is 379. The number of allylic oxidation sites excluding steroid dienone is 4. The summed E-state index contributed by atoms with van der Waals surface area (Å²) in [6.45, 7) is 0. The summed E-state index contributed by atoms with van der Waals surface area (Å²) < 4.78 is 13.3. The van der Waals surface area contributed by atoms with E-state index in [1.165, 1.54) is 0 Å². The zero-order chi connectivity index (χ0) is 9.97.